The van der Waals surface area contributed by atoms with Gasteiger partial charge in [0.2, 0.25) is 0 Å². The molecule has 2 nitrogen and oxygen atoms in total. The van der Waals surface area contributed by atoms with E-state index in [1.54, 1.807) is 31.2 Å². The van der Waals surface area contributed by atoms with Crippen LogP contribution in [0.2, 0.25) is 0 Å². The van der Waals surface area contributed by atoms with Crippen molar-refractivity contribution in [3.05, 3.63) is 47.5 Å². The lowest BCUT2D eigenvalue weighted by atomic mass is 9.86. The number of esters is 1. The van der Waals surface area contributed by atoms with Gasteiger partial charge in [-0.1, -0.05) is 36.4 Å². The van der Waals surface area contributed by atoms with Gasteiger partial charge in [0.25, 0.3) is 5.92 Å². The first-order chi connectivity index (χ1) is 8.77. The number of halogens is 2. The minimum Gasteiger partial charge on any atom is -0.463 e. The Labute approximate surface area is 112 Å². The van der Waals surface area contributed by atoms with Crippen LogP contribution in [0.25, 0.3) is 0 Å². The number of hydrogen-bond acceptors (Lipinski definition) is 2. The smallest absolute Gasteiger partial charge is 0.334 e. The fourth-order valence-electron chi connectivity index (χ4n) is 1.90. The molecule has 0 radical (unpaired) electrons. The molecule has 0 unspecified atom stereocenters. The number of hydrogen-bond donors (Lipinski definition) is 0. The molecule has 1 aromatic carbocycles. The molecule has 0 aromatic heterocycles. The van der Waals surface area contributed by atoms with E-state index >= 15 is 0 Å². The maximum Gasteiger partial charge on any atom is 0.334 e. The second-order valence-electron chi connectivity index (χ2n) is 4.55. The van der Waals surface area contributed by atoms with Crippen LogP contribution >= 0.6 is 0 Å². The molecule has 104 valence electrons. The minimum atomic E-state index is -3.08. The van der Waals surface area contributed by atoms with Crippen molar-refractivity contribution in [2.75, 3.05) is 6.61 Å². The highest BCUT2D eigenvalue weighted by atomic mass is 19.3. The van der Waals surface area contributed by atoms with E-state index in [1.165, 1.54) is 0 Å². The first kappa shape index (κ1) is 15.3. The van der Waals surface area contributed by atoms with Crippen molar-refractivity contribution in [3.63, 3.8) is 0 Å². The molecule has 1 aromatic rings. The minimum absolute atomic E-state index is 0.133. The molecule has 19 heavy (non-hydrogen) atoms. The lowest BCUT2D eigenvalue weighted by molar-refractivity contribution is -0.140. The summed E-state index contributed by atoms with van der Waals surface area (Å²) in [6.07, 6.45) is 0. The van der Waals surface area contributed by atoms with Crippen molar-refractivity contribution >= 4 is 5.97 Å². The Morgan fingerprint density at radius 1 is 1.37 bits per heavy atom. The van der Waals surface area contributed by atoms with Gasteiger partial charge in [-0.3, -0.25) is 0 Å². The lowest BCUT2D eigenvalue weighted by Gasteiger charge is -2.25. The zero-order valence-electron chi connectivity index (χ0n) is 11.4. The number of carbonyl (C=O) groups excluding carboxylic acids is 1. The lowest BCUT2D eigenvalue weighted by Crippen LogP contribution is -2.28. The maximum absolute atomic E-state index is 13.8. The summed E-state index contributed by atoms with van der Waals surface area (Å²) in [7, 11) is 0. The molecule has 0 bridgehead atoms. The van der Waals surface area contributed by atoms with Crippen LogP contribution < -0.4 is 0 Å². The number of carbonyl (C=O) groups is 1. The van der Waals surface area contributed by atoms with Crippen molar-refractivity contribution in [2.45, 2.75) is 32.6 Å². The van der Waals surface area contributed by atoms with Gasteiger partial charge in [-0.05, 0) is 19.4 Å². The largest absolute Gasteiger partial charge is 0.463 e. The first-order valence-corrected chi connectivity index (χ1v) is 6.07. The summed E-state index contributed by atoms with van der Waals surface area (Å²) in [4.78, 5) is 11.6. The molecule has 0 N–H and O–H groups in total. The molecule has 0 aliphatic carbocycles. The predicted molar refractivity (Wildman–Crippen MR) is 70.3 cm³/mol. The molecule has 0 spiro atoms. The van der Waals surface area contributed by atoms with Crippen LogP contribution in [0.4, 0.5) is 8.78 Å². The molecular weight excluding hydrogens is 250 g/mol. The second-order valence-corrected chi connectivity index (χ2v) is 4.55. The van der Waals surface area contributed by atoms with Gasteiger partial charge < -0.3 is 4.74 Å². The van der Waals surface area contributed by atoms with Gasteiger partial charge in [0.15, 0.2) is 0 Å². The number of ether oxygens (including phenoxy) is 1. The highest BCUT2D eigenvalue weighted by molar-refractivity contribution is 5.89. The molecular formula is C15H18F2O2. The number of aryl methyl sites for hydroxylation is 1. The van der Waals surface area contributed by atoms with E-state index < -0.39 is 17.8 Å². The summed E-state index contributed by atoms with van der Waals surface area (Å²) in [6, 6.07) is 6.63. The molecule has 0 heterocycles. The Morgan fingerprint density at radius 2 is 1.89 bits per heavy atom. The summed E-state index contributed by atoms with van der Waals surface area (Å²) in [6.45, 7) is 7.88. The third-order valence-electron chi connectivity index (χ3n) is 2.80. The monoisotopic (exact) mass is 268 g/mol. The topological polar surface area (TPSA) is 26.3 Å². The van der Waals surface area contributed by atoms with E-state index in [-0.39, 0.29) is 12.2 Å². The van der Waals surface area contributed by atoms with Crippen molar-refractivity contribution in [1.82, 2.24) is 0 Å². The van der Waals surface area contributed by atoms with E-state index in [0.29, 0.717) is 5.56 Å². The second kappa shape index (κ2) is 5.95. The number of alkyl halides is 2. The molecule has 0 fully saturated rings. The van der Waals surface area contributed by atoms with Gasteiger partial charge in [0.05, 0.1) is 12.5 Å². The molecule has 0 aliphatic heterocycles. The molecule has 1 atom stereocenters. The predicted octanol–water partition coefficient (Wildman–Crippen LogP) is 3.85. The quantitative estimate of drug-likeness (QED) is 0.599. The molecule has 0 saturated heterocycles. The van der Waals surface area contributed by atoms with Crippen LogP contribution in [0.15, 0.2) is 36.4 Å². The summed E-state index contributed by atoms with van der Waals surface area (Å²) < 4.78 is 32.3. The summed E-state index contributed by atoms with van der Waals surface area (Å²) in [5, 5.41) is 0. The number of benzene rings is 1. The standard InChI is InChI=1S/C15H18F2O2/c1-5-19-14(18)11(3)13(15(4,16)17)12-8-6-10(2)7-9-12/h6-9,13H,3,5H2,1-2,4H3/t13-/m1/s1. The van der Waals surface area contributed by atoms with Gasteiger partial charge in [-0.15, -0.1) is 0 Å². The Morgan fingerprint density at radius 3 is 2.32 bits per heavy atom. The third-order valence-corrected chi connectivity index (χ3v) is 2.80. The molecule has 1 rings (SSSR count). The van der Waals surface area contributed by atoms with Crippen molar-refractivity contribution in [2.24, 2.45) is 0 Å². The van der Waals surface area contributed by atoms with Gasteiger partial charge >= 0.3 is 5.97 Å². The summed E-state index contributed by atoms with van der Waals surface area (Å²) >= 11 is 0. The average Bonchev–Trinajstić information content (AvgIpc) is 2.30. The van der Waals surface area contributed by atoms with Crippen LogP contribution in [0, 0.1) is 6.92 Å². The van der Waals surface area contributed by atoms with Gasteiger partial charge in [0, 0.05) is 12.5 Å². The Bertz CT molecular complexity index is 458. The Balaban J connectivity index is 3.13. The fourth-order valence-corrected chi connectivity index (χ4v) is 1.90. The molecule has 0 saturated carbocycles. The summed E-state index contributed by atoms with van der Waals surface area (Å²) in [5.74, 6) is -5.24. The van der Waals surface area contributed by atoms with Crippen LogP contribution in [0.5, 0.6) is 0 Å². The average molecular weight is 268 g/mol. The van der Waals surface area contributed by atoms with Crippen LogP contribution in [0.1, 0.15) is 30.9 Å². The van der Waals surface area contributed by atoms with E-state index in [2.05, 4.69) is 6.58 Å². The summed E-state index contributed by atoms with van der Waals surface area (Å²) in [5.41, 5.74) is 1.10. The Kier molecular flexibility index (Phi) is 4.81. The molecule has 4 heteroatoms. The third kappa shape index (κ3) is 3.88. The normalized spacial score (nSPS) is 12.9. The van der Waals surface area contributed by atoms with Gasteiger partial charge in [0.1, 0.15) is 0 Å². The zero-order chi connectivity index (χ0) is 14.6. The van der Waals surface area contributed by atoms with Crippen molar-refractivity contribution in [3.8, 4) is 0 Å². The molecule has 0 amide bonds. The first-order valence-electron chi connectivity index (χ1n) is 6.07. The maximum atomic E-state index is 13.8. The SMILES string of the molecule is C=C(C(=O)OCC)[C@H](c1ccc(C)cc1)C(C)(F)F. The van der Waals surface area contributed by atoms with E-state index in [0.717, 1.165) is 12.5 Å². The highest BCUT2D eigenvalue weighted by Crippen LogP contribution is 2.38. The van der Waals surface area contributed by atoms with Crippen LogP contribution in [-0.2, 0) is 9.53 Å². The van der Waals surface area contributed by atoms with Crippen LogP contribution in [0.3, 0.4) is 0 Å². The van der Waals surface area contributed by atoms with Crippen molar-refractivity contribution in [1.29, 1.82) is 0 Å². The zero-order valence-corrected chi connectivity index (χ0v) is 11.4. The molecule has 0 aliphatic rings. The van der Waals surface area contributed by atoms with E-state index in [4.69, 9.17) is 4.74 Å². The van der Waals surface area contributed by atoms with Crippen LogP contribution in [-0.4, -0.2) is 18.5 Å². The van der Waals surface area contributed by atoms with Crippen molar-refractivity contribution < 1.29 is 18.3 Å². The highest BCUT2D eigenvalue weighted by Gasteiger charge is 2.40. The number of rotatable bonds is 5. The van der Waals surface area contributed by atoms with E-state index in [1.807, 2.05) is 6.92 Å². The fraction of sp³-hybridized carbons (Fsp3) is 0.400. The van der Waals surface area contributed by atoms with Gasteiger partial charge in [-0.2, -0.15) is 0 Å². The van der Waals surface area contributed by atoms with E-state index in [9.17, 15) is 13.6 Å². The Hall–Kier alpha value is -1.71. The van der Waals surface area contributed by atoms with Gasteiger partial charge in [-0.25, -0.2) is 13.6 Å².